The lowest BCUT2D eigenvalue weighted by Crippen LogP contribution is -2.42. The summed E-state index contributed by atoms with van der Waals surface area (Å²) >= 11 is 0. The van der Waals surface area contributed by atoms with Gasteiger partial charge in [0.25, 0.3) is 0 Å². The number of ether oxygens (including phenoxy) is 2. The van der Waals surface area contributed by atoms with E-state index in [1.165, 1.54) is 13.2 Å². The molecule has 0 saturated carbocycles. The average molecular weight is 333 g/mol. The summed E-state index contributed by atoms with van der Waals surface area (Å²) in [6.07, 6.45) is -0.0205. The number of fused-ring (bicyclic) bond motifs is 1. The molecule has 1 amide bonds. The Morgan fingerprint density at radius 1 is 1.33 bits per heavy atom. The van der Waals surface area contributed by atoms with E-state index in [4.69, 9.17) is 13.9 Å². The second-order valence-electron chi connectivity index (χ2n) is 5.68. The van der Waals surface area contributed by atoms with Crippen LogP contribution >= 0.6 is 0 Å². The number of morpholine rings is 1. The van der Waals surface area contributed by atoms with Gasteiger partial charge in [0.1, 0.15) is 5.58 Å². The van der Waals surface area contributed by atoms with Crippen LogP contribution in [0.2, 0.25) is 0 Å². The largest absolute Gasteiger partial charge is 0.504 e. The van der Waals surface area contributed by atoms with Gasteiger partial charge in [0.05, 0.1) is 32.3 Å². The van der Waals surface area contributed by atoms with E-state index >= 15 is 0 Å². The van der Waals surface area contributed by atoms with Crippen molar-refractivity contribution in [2.24, 2.45) is 0 Å². The molecule has 0 unspecified atom stereocenters. The maximum atomic E-state index is 12.4. The lowest BCUT2D eigenvalue weighted by atomic mass is 10.0. The van der Waals surface area contributed by atoms with Crippen molar-refractivity contribution in [2.75, 3.05) is 33.4 Å². The number of phenols is 1. The second kappa shape index (κ2) is 6.52. The molecule has 0 aliphatic carbocycles. The third-order valence-corrected chi connectivity index (χ3v) is 4.28. The quantitative estimate of drug-likeness (QED) is 0.850. The number of carbonyl (C=O) groups is 1. The standard InChI is InChI=1S/C17H19NO6/c1-10-11-7-15(22-2)13(19)9-14(11)24-17(21)12(10)8-16(20)18-3-5-23-6-4-18/h7,9,19H,3-6,8H2,1-2H3. The van der Waals surface area contributed by atoms with Crippen LogP contribution in [0, 0.1) is 6.92 Å². The van der Waals surface area contributed by atoms with Crippen molar-refractivity contribution in [1.29, 1.82) is 0 Å². The SMILES string of the molecule is COc1cc2c(C)c(CC(=O)N3CCOCC3)c(=O)oc2cc1O. The monoisotopic (exact) mass is 333 g/mol. The van der Waals surface area contributed by atoms with Crippen molar-refractivity contribution in [3.05, 3.63) is 33.7 Å². The Morgan fingerprint density at radius 3 is 2.71 bits per heavy atom. The van der Waals surface area contributed by atoms with E-state index in [-0.39, 0.29) is 29.4 Å². The van der Waals surface area contributed by atoms with E-state index in [0.29, 0.717) is 42.8 Å². The molecule has 1 fully saturated rings. The molecule has 0 bridgehead atoms. The normalized spacial score (nSPS) is 14.8. The summed E-state index contributed by atoms with van der Waals surface area (Å²) in [5, 5.41) is 10.4. The Balaban J connectivity index is 1.99. The van der Waals surface area contributed by atoms with E-state index < -0.39 is 5.63 Å². The van der Waals surface area contributed by atoms with Gasteiger partial charge in [0.15, 0.2) is 11.5 Å². The van der Waals surface area contributed by atoms with Gasteiger partial charge in [0, 0.05) is 24.5 Å². The summed E-state index contributed by atoms with van der Waals surface area (Å²) in [5.74, 6) is 0.0494. The molecule has 2 aromatic rings. The molecule has 1 saturated heterocycles. The van der Waals surface area contributed by atoms with Crippen LogP contribution in [-0.4, -0.2) is 49.3 Å². The molecule has 0 radical (unpaired) electrons. The zero-order valence-corrected chi connectivity index (χ0v) is 13.6. The van der Waals surface area contributed by atoms with E-state index in [1.54, 1.807) is 17.9 Å². The number of rotatable bonds is 3. The highest BCUT2D eigenvalue weighted by atomic mass is 16.5. The molecule has 1 aromatic heterocycles. The molecule has 24 heavy (non-hydrogen) atoms. The molecule has 128 valence electrons. The molecular weight excluding hydrogens is 314 g/mol. The first kappa shape index (κ1) is 16.3. The molecule has 1 aliphatic heterocycles. The lowest BCUT2D eigenvalue weighted by molar-refractivity contribution is -0.134. The van der Waals surface area contributed by atoms with Crippen LogP contribution < -0.4 is 10.4 Å². The van der Waals surface area contributed by atoms with E-state index in [1.807, 2.05) is 0 Å². The van der Waals surface area contributed by atoms with E-state index in [2.05, 4.69) is 0 Å². The zero-order valence-electron chi connectivity index (χ0n) is 13.6. The van der Waals surface area contributed by atoms with Crippen molar-refractivity contribution >= 4 is 16.9 Å². The van der Waals surface area contributed by atoms with Gasteiger partial charge in [-0.25, -0.2) is 4.79 Å². The van der Waals surface area contributed by atoms with Gasteiger partial charge in [-0.3, -0.25) is 4.79 Å². The smallest absolute Gasteiger partial charge is 0.340 e. The first-order valence-electron chi connectivity index (χ1n) is 7.70. The van der Waals surface area contributed by atoms with Crippen molar-refractivity contribution in [1.82, 2.24) is 4.90 Å². The van der Waals surface area contributed by atoms with Gasteiger partial charge >= 0.3 is 5.63 Å². The third-order valence-electron chi connectivity index (χ3n) is 4.28. The maximum Gasteiger partial charge on any atom is 0.340 e. The number of aromatic hydroxyl groups is 1. The summed E-state index contributed by atoms with van der Waals surface area (Å²) in [6, 6.07) is 2.95. The van der Waals surface area contributed by atoms with Crippen LogP contribution in [0.25, 0.3) is 11.0 Å². The van der Waals surface area contributed by atoms with Crippen LogP contribution in [0.3, 0.4) is 0 Å². The summed E-state index contributed by atoms with van der Waals surface area (Å²) in [7, 11) is 1.44. The topological polar surface area (TPSA) is 89.2 Å². The molecular formula is C17H19NO6. The first-order chi connectivity index (χ1) is 11.5. The Morgan fingerprint density at radius 2 is 2.04 bits per heavy atom. The fourth-order valence-electron chi connectivity index (χ4n) is 2.85. The Hall–Kier alpha value is -2.54. The molecule has 1 aromatic carbocycles. The first-order valence-corrected chi connectivity index (χ1v) is 7.70. The zero-order chi connectivity index (χ0) is 17.3. The fourth-order valence-corrected chi connectivity index (χ4v) is 2.85. The van der Waals surface area contributed by atoms with Gasteiger partial charge in [-0.15, -0.1) is 0 Å². The predicted octanol–water partition coefficient (Wildman–Crippen LogP) is 1.22. The summed E-state index contributed by atoms with van der Waals surface area (Å²) in [4.78, 5) is 26.4. The molecule has 1 aliphatic rings. The summed E-state index contributed by atoms with van der Waals surface area (Å²) in [5.41, 5.74) is 0.678. The number of methoxy groups -OCH3 is 1. The number of aryl methyl sites for hydroxylation is 1. The Kier molecular flexibility index (Phi) is 4.44. The highest BCUT2D eigenvalue weighted by Gasteiger charge is 2.21. The highest BCUT2D eigenvalue weighted by Crippen LogP contribution is 2.32. The van der Waals surface area contributed by atoms with Crippen LogP contribution in [0.4, 0.5) is 0 Å². The lowest BCUT2D eigenvalue weighted by Gasteiger charge is -2.27. The van der Waals surface area contributed by atoms with Crippen molar-refractivity contribution in [3.8, 4) is 11.5 Å². The second-order valence-corrected chi connectivity index (χ2v) is 5.68. The van der Waals surface area contributed by atoms with Crippen LogP contribution in [0.5, 0.6) is 11.5 Å². The van der Waals surface area contributed by atoms with E-state index in [9.17, 15) is 14.7 Å². The average Bonchev–Trinajstić information content (AvgIpc) is 2.59. The third kappa shape index (κ3) is 2.94. The van der Waals surface area contributed by atoms with E-state index in [0.717, 1.165) is 0 Å². The number of benzene rings is 1. The van der Waals surface area contributed by atoms with Gasteiger partial charge in [0.2, 0.25) is 5.91 Å². The van der Waals surface area contributed by atoms with Crippen molar-refractivity contribution < 1.29 is 23.8 Å². The number of nitrogens with zero attached hydrogens (tertiary/aromatic N) is 1. The number of hydrogen-bond donors (Lipinski definition) is 1. The van der Waals surface area contributed by atoms with Gasteiger partial charge in [-0.2, -0.15) is 0 Å². The number of hydrogen-bond acceptors (Lipinski definition) is 6. The molecule has 7 nitrogen and oxygen atoms in total. The van der Waals surface area contributed by atoms with Gasteiger partial charge in [-0.1, -0.05) is 0 Å². The molecule has 0 spiro atoms. The van der Waals surface area contributed by atoms with Crippen LogP contribution in [-0.2, 0) is 16.0 Å². The van der Waals surface area contributed by atoms with Crippen LogP contribution in [0.1, 0.15) is 11.1 Å². The predicted molar refractivity (Wildman–Crippen MR) is 86.5 cm³/mol. The number of carbonyl (C=O) groups excluding carboxylic acids is 1. The number of phenolic OH excluding ortho intramolecular Hbond substituents is 1. The Bertz CT molecular complexity index is 835. The molecule has 2 heterocycles. The number of amides is 1. The van der Waals surface area contributed by atoms with Crippen molar-refractivity contribution in [2.45, 2.75) is 13.3 Å². The summed E-state index contributed by atoms with van der Waals surface area (Å²) < 4.78 is 15.6. The molecule has 3 rings (SSSR count). The molecule has 7 heteroatoms. The highest BCUT2D eigenvalue weighted by molar-refractivity contribution is 5.86. The minimum absolute atomic E-state index is 0.0205. The van der Waals surface area contributed by atoms with Gasteiger partial charge in [-0.05, 0) is 18.6 Å². The minimum atomic E-state index is -0.564. The van der Waals surface area contributed by atoms with Gasteiger partial charge < -0.3 is 23.9 Å². The summed E-state index contributed by atoms with van der Waals surface area (Å²) in [6.45, 7) is 3.83. The molecule has 1 N–H and O–H groups in total. The van der Waals surface area contributed by atoms with Crippen molar-refractivity contribution in [3.63, 3.8) is 0 Å². The molecule has 0 atom stereocenters. The maximum absolute atomic E-state index is 12.4. The minimum Gasteiger partial charge on any atom is -0.504 e. The fraction of sp³-hybridized carbons (Fsp3) is 0.412. The Labute approximate surface area is 138 Å². The van der Waals surface area contributed by atoms with Crippen LogP contribution in [0.15, 0.2) is 21.3 Å².